The number of anilines is 2. The highest BCUT2D eigenvalue weighted by Crippen LogP contribution is 2.27. The molecule has 0 bridgehead atoms. The summed E-state index contributed by atoms with van der Waals surface area (Å²) in [5.41, 5.74) is 4.77. The molecule has 26 heavy (non-hydrogen) atoms. The topological polar surface area (TPSA) is 71.8 Å². The molecule has 0 saturated carbocycles. The summed E-state index contributed by atoms with van der Waals surface area (Å²) in [7, 11) is 0. The van der Waals surface area contributed by atoms with Gasteiger partial charge in [-0.25, -0.2) is 4.79 Å². The van der Waals surface area contributed by atoms with Crippen LogP contribution in [-0.2, 0) is 6.54 Å². The van der Waals surface area contributed by atoms with Gasteiger partial charge in [0.05, 0.1) is 18.4 Å². The molecule has 6 heteroatoms. The molecule has 0 aliphatic carbocycles. The second kappa shape index (κ2) is 7.82. The van der Waals surface area contributed by atoms with Gasteiger partial charge in [0.1, 0.15) is 0 Å². The maximum Gasteiger partial charge on any atom is 0.323 e. The maximum atomic E-state index is 12.4. The van der Waals surface area contributed by atoms with Crippen LogP contribution in [0.4, 0.5) is 16.2 Å². The Kier molecular flexibility index (Phi) is 5.31. The molecule has 2 aromatic heterocycles. The first-order chi connectivity index (χ1) is 12.5. The first kappa shape index (κ1) is 17.7. The lowest BCUT2D eigenvalue weighted by Gasteiger charge is -2.16. The van der Waals surface area contributed by atoms with E-state index in [1.807, 2.05) is 37.3 Å². The standard InChI is InChI=1S/C20H23N5O/c1-14(2)18-6-4-5-15(3)19(18)24-20(26)23-17-11-22-25(13-17)12-16-7-9-21-10-8-16/h4-11,13-14H,12H2,1-3H3,(H2,23,24,26). The Morgan fingerprint density at radius 3 is 2.65 bits per heavy atom. The number of hydrogen-bond acceptors (Lipinski definition) is 3. The number of aromatic nitrogens is 3. The van der Waals surface area contributed by atoms with Gasteiger partial charge >= 0.3 is 6.03 Å². The summed E-state index contributed by atoms with van der Waals surface area (Å²) in [4.78, 5) is 16.4. The Bertz CT molecular complexity index is 886. The number of nitrogens with one attached hydrogen (secondary N) is 2. The van der Waals surface area contributed by atoms with Crippen LogP contribution in [0.15, 0.2) is 55.1 Å². The van der Waals surface area contributed by atoms with Gasteiger partial charge in [0.15, 0.2) is 0 Å². The van der Waals surface area contributed by atoms with Crippen LogP contribution in [0, 0.1) is 6.92 Å². The number of amides is 2. The van der Waals surface area contributed by atoms with E-state index in [2.05, 4.69) is 34.6 Å². The van der Waals surface area contributed by atoms with Crippen molar-refractivity contribution in [1.82, 2.24) is 14.8 Å². The molecule has 2 heterocycles. The van der Waals surface area contributed by atoms with Crippen molar-refractivity contribution >= 4 is 17.4 Å². The lowest BCUT2D eigenvalue weighted by Crippen LogP contribution is -2.21. The fourth-order valence-electron chi connectivity index (χ4n) is 2.81. The minimum atomic E-state index is -0.273. The van der Waals surface area contributed by atoms with Gasteiger partial charge in [-0.2, -0.15) is 5.10 Å². The predicted molar refractivity (Wildman–Crippen MR) is 103 cm³/mol. The van der Waals surface area contributed by atoms with Gasteiger partial charge in [0, 0.05) is 24.3 Å². The molecule has 3 aromatic rings. The van der Waals surface area contributed by atoms with E-state index >= 15 is 0 Å². The largest absolute Gasteiger partial charge is 0.323 e. The molecule has 0 aliphatic heterocycles. The average Bonchev–Trinajstić information content (AvgIpc) is 3.04. The number of pyridine rings is 1. The molecule has 0 saturated heterocycles. The fraction of sp³-hybridized carbons (Fsp3) is 0.250. The summed E-state index contributed by atoms with van der Waals surface area (Å²) in [6.07, 6.45) is 6.95. The molecule has 0 spiro atoms. The van der Waals surface area contributed by atoms with Crippen LogP contribution in [0.25, 0.3) is 0 Å². The van der Waals surface area contributed by atoms with Crippen molar-refractivity contribution in [2.24, 2.45) is 0 Å². The Hall–Kier alpha value is -3.15. The van der Waals surface area contributed by atoms with E-state index in [4.69, 9.17) is 0 Å². The van der Waals surface area contributed by atoms with Crippen LogP contribution >= 0.6 is 0 Å². The van der Waals surface area contributed by atoms with Gasteiger partial charge < -0.3 is 10.6 Å². The highest BCUT2D eigenvalue weighted by Gasteiger charge is 2.12. The van der Waals surface area contributed by atoms with E-state index < -0.39 is 0 Å². The zero-order valence-electron chi connectivity index (χ0n) is 15.2. The number of hydrogen-bond donors (Lipinski definition) is 2. The summed E-state index contributed by atoms with van der Waals surface area (Å²) in [6.45, 7) is 6.84. The lowest BCUT2D eigenvalue weighted by molar-refractivity contribution is 0.262. The summed E-state index contributed by atoms with van der Waals surface area (Å²) in [6, 6.07) is 9.65. The third kappa shape index (κ3) is 4.27. The van der Waals surface area contributed by atoms with Gasteiger partial charge in [0.25, 0.3) is 0 Å². The van der Waals surface area contributed by atoms with Crippen LogP contribution < -0.4 is 10.6 Å². The van der Waals surface area contributed by atoms with Crippen molar-refractivity contribution in [3.63, 3.8) is 0 Å². The molecule has 1 aromatic carbocycles. The molecule has 0 fully saturated rings. The third-order valence-corrected chi connectivity index (χ3v) is 4.15. The second-order valence-corrected chi connectivity index (χ2v) is 6.56. The minimum Gasteiger partial charge on any atom is -0.307 e. The van der Waals surface area contributed by atoms with Crippen LogP contribution in [0.3, 0.4) is 0 Å². The molecule has 3 rings (SSSR count). The zero-order chi connectivity index (χ0) is 18.5. The van der Waals surface area contributed by atoms with Gasteiger partial charge in [0.2, 0.25) is 0 Å². The number of aryl methyl sites for hydroxylation is 1. The van der Waals surface area contributed by atoms with Crippen LogP contribution in [0.2, 0.25) is 0 Å². The first-order valence-corrected chi connectivity index (χ1v) is 8.62. The van der Waals surface area contributed by atoms with E-state index in [0.29, 0.717) is 18.2 Å². The van der Waals surface area contributed by atoms with Gasteiger partial charge in [-0.1, -0.05) is 32.0 Å². The summed E-state index contributed by atoms with van der Waals surface area (Å²) < 4.78 is 1.78. The smallest absolute Gasteiger partial charge is 0.307 e. The summed E-state index contributed by atoms with van der Waals surface area (Å²) in [5.74, 6) is 0.327. The number of nitrogens with zero attached hydrogens (tertiary/aromatic N) is 3. The Morgan fingerprint density at radius 1 is 1.15 bits per heavy atom. The summed E-state index contributed by atoms with van der Waals surface area (Å²) in [5, 5.41) is 10.1. The second-order valence-electron chi connectivity index (χ2n) is 6.56. The van der Waals surface area contributed by atoms with Gasteiger partial charge in [-0.15, -0.1) is 0 Å². The van der Waals surface area contributed by atoms with Gasteiger partial charge in [-0.3, -0.25) is 9.67 Å². The number of benzene rings is 1. The quantitative estimate of drug-likeness (QED) is 0.717. The van der Waals surface area contributed by atoms with Gasteiger partial charge in [-0.05, 0) is 41.7 Å². The predicted octanol–water partition coefficient (Wildman–Crippen LogP) is 4.40. The minimum absolute atomic E-state index is 0.273. The molecule has 134 valence electrons. The molecule has 0 unspecified atom stereocenters. The van der Waals surface area contributed by atoms with E-state index in [1.54, 1.807) is 29.5 Å². The number of urea groups is 1. The summed E-state index contributed by atoms with van der Waals surface area (Å²) >= 11 is 0. The average molecular weight is 349 g/mol. The molecule has 2 amide bonds. The van der Waals surface area contributed by atoms with Crippen molar-refractivity contribution < 1.29 is 4.79 Å². The monoisotopic (exact) mass is 349 g/mol. The van der Waals surface area contributed by atoms with E-state index in [0.717, 1.165) is 22.4 Å². The SMILES string of the molecule is Cc1cccc(C(C)C)c1NC(=O)Nc1cnn(Cc2ccncc2)c1. The number of carbonyl (C=O) groups excluding carboxylic acids is 1. The molecular formula is C20H23N5O. The lowest BCUT2D eigenvalue weighted by atomic mass is 9.98. The highest BCUT2D eigenvalue weighted by atomic mass is 16.2. The Labute approximate surface area is 153 Å². The van der Waals surface area contributed by atoms with E-state index in [1.165, 1.54) is 0 Å². The zero-order valence-corrected chi connectivity index (χ0v) is 15.2. The molecule has 0 aliphatic rings. The molecule has 6 nitrogen and oxygen atoms in total. The highest BCUT2D eigenvalue weighted by molar-refractivity contribution is 6.00. The van der Waals surface area contributed by atoms with Crippen molar-refractivity contribution in [2.75, 3.05) is 10.6 Å². The van der Waals surface area contributed by atoms with Crippen molar-refractivity contribution in [1.29, 1.82) is 0 Å². The third-order valence-electron chi connectivity index (χ3n) is 4.15. The van der Waals surface area contributed by atoms with Crippen molar-refractivity contribution in [3.8, 4) is 0 Å². The normalized spacial score (nSPS) is 10.8. The van der Waals surface area contributed by atoms with Crippen LogP contribution in [0.1, 0.15) is 36.5 Å². The van der Waals surface area contributed by atoms with E-state index in [9.17, 15) is 4.79 Å². The number of rotatable bonds is 5. The van der Waals surface area contributed by atoms with E-state index in [-0.39, 0.29) is 6.03 Å². The maximum absolute atomic E-state index is 12.4. The Morgan fingerprint density at radius 2 is 1.92 bits per heavy atom. The first-order valence-electron chi connectivity index (χ1n) is 8.62. The van der Waals surface area contributed by atoms with Crippen LogP contribution in [0.5, 0.6) is 0 Å². The molecular weight excluding hydrogens is 326 g/mol. The number of para-hydroxylation sites is 1. The number of carbonyl (C=O) groups is 1. The molecule has 2 N–H and O–H groups in total. The van der Waals surface area contributed by atoms with Crippen LogP contribution in [-0.4, -0.2) is 20.8 Å². The fourth-order valence-corrected chi connectivity index (χ4v) is 2.81. The van der Waals surface area contributed by atoms with Crippen molar-refractivity contribution in [2.45, 2.75) is 33.2 Å². The van der Waals surface area contributed by atoms with Crippen molar-refractivity contribution in [3.05, 3.63) is 71.8 Å². The molecule has 0 atom stereocenters. The Balaban J connectivity index is 1.66. The molecule has 0 radical (unpaired) electrons.